The van der Waals surface area contributed by atoms with Crippen LogP contribution in [0.3, 0.4) is 0 Å². The Labute approximate surface area is 101 Å². The molecule has 3 heteroatoms. The Bertz CT molecular complexity index is 331. The predicted molar refractivity (Wildman–Crippen MR) is 64.5 cm³/mol. The van der Waals surface area contributed by atoms with Crippen molar-refractivity contribution in [1.29, 1.82) is 0 Å². The second-order valence-electron chi connectivity index (χ2n) is 4.73. The summed E-state index contributed by atoms with van der Waals surface area (Å²) in [6, 6.07) is 5.90. The molecule has 17 heavy (non-hydrogen) atoms. The van der Waals surface area contributed by atoms with E-state index in [0.717, 1.165) is 12.8 Å². The van der Waals surface area contributed by atoms with Gasteiger partial charge in [-0.3, -0.25) is 0 Å². The molecule has 0 aromatic heterocycles. The quantitative estimate of drug-likeness (QED) is 0.873. The van der Waals surface area contributed by atoms with Gasteiger partial charge in [-0.25, -0.2) is 4.39 Å². The van der Waals surface area contributed by atoms with Crippen LogP contribution in [0.25, 0.3) is 0 Å². The average molecular weight is 238 g/mol. The third-order valence-electron chi connectivity index (χ3n) is 3.43. The van der Waals surface area contributed by atoms with E-state index in [1.807, 2.05) is 0 Å². The fourth-order valence-corrected chi connectivity index (χ4v) is 2.37. The number of halogens is 1. The van der Waals surface area contributed by atoms with Crippen molar-refractivity contribution in [2.75, 3.05) is 6.61 Å². The molecule has 2 nitrogen and oxygen atoms in total. The van der Waals surface area contributed by atoms with E-state index in [1.165, 1.54) is 31.4 Å². The maximum atomic E-state index is 12.7. The first kappa shape index (κ1) is 12.4. The first-order valence-electron chi connectivity index (χ1n) is 6.32. The number of benzene rings is 1. The van der Waals surface area contributed by atoms with Gasteiger partial charge < -0.3 is 9.84 Å². The molecule has 1 aromatic rings. The molecule has 94 valence electrons. The van der Waals surface area contributed by atoms with Crippen LogP contribution in [0.5, 0.6) is 5.75 Å². The van der Waals surface area contributed by atoms with E-state index < -0.39 is 6.10 Å². The monoisotopic (exact) mass is 238 g/mol. The van der Waals surface area contributed by atoms with E-state index in [1.54, 1.807) is 12.1 Å². The van der Waals surface area contributed by atoms with E-state index in [2.05, 4.69) is 0 Å². The minimum absolute atomic E-state index is 0.273. The van der Waals surface area contributed by atoms with Gasteiger partial charge in [-0.2, -0.15) is 0 Å². The van der Waals surface area contributed by atoms with Crippen LogP contribution in [-0.2, 0) is 0 Å². The fourth-order valence-electron chi connectivity index (χ4n) is 2.37. The normalized spacial score (nSPS) is 18.9. The lowest BCUT2D eigenvalue weighted by atomic mass is 9.85. The van der Waals surface area contributed by atoms with Crippen molar-refractivity contribution >= 4 is 0 Å². The third-order valence-corrected chi connectivity index (χ3v) is 3.43. The third kappa shape index (κ3) is 3.70. The highest BCUT2D eigenvalue weighted by molar-refractivity contribution is 5.22. The zero-order valence-corrected chi connectivity index (χ0v) is 9.94. The van der Waals surface area contributed by atoms with Gasteiger partial charge in [0.1, 0.15) is 18.2 Å². The molecule has 0 saturated heterocycles. The smallest absolute Gasteiger partial charge is 0.123 e. The van der Waals surface area contributed by atoms with Crippen LogP contribution in [0.2, 0.25) is 0 Å². The highest BCUT2D eigenvalue weighted by Crippen LogP contribution is 2.26. The molecule has 0 radical (unpaired) electrons. The van der Waals surface area contributed by atoms with E-state index >= 15 is 0 Å². The van der Waals surface area contributed by atoms with Gasteiger partial charge in [0, 0.05) is 0 Å². The van der Waals surface area contributed by atoms with Crippen LogP contribution in [0.4, 0.5) is 4.39 Å². The summed E-state index contributed by atoms with van der Waals surface area (Å²) >= 11 is 0. The first-order valence-corrected chi connectivity index (χ1v) is 6.32. The lowest BCUT2D eigenvalue weighted by molar-refractivity contribution is 0.0413. The van der Waals surface area contributed by atoms with Crippen LogP contribution in [0, 0.1) is 11.7 Å². The van der Waals surface area contributed by atoms with Gasteiger partial charge in [0.2, 0.25) is 0 Å². The van der Waals surface area contributed by atoms with Crippen LogP contribution < -0.4 is 4.74 Å². The summed E-state index contributed by atoms with van der Waals surface area (Å²) in [5.41, 5.74) is 0. The van der Waals surface area contributed by atoms with Crippen molar-refractivity contribution < 1.29 is 14.2 Å². The van der Waals surface area contributed by atoms with E-state index in [9.17, 15) is 9.50 Å². The van der Waals surface area contributed by atoms with Crippen molar-refractivity contribution in [2.45, 2.75) is 38.2 Å². The summed E-state index contributed by atoms with van der Waals surface area (Å²) in [6.45, 7) is 0.302. The van der Waals surface area contributed by atoms with E-state index in [0.29, 0.717) is 18.3 Å². The Balaban J connectivity index is 1.78. The molecule has 2 rings (SSSR count). The van der Waals surface area contributed by atoms with Crippen LogP contribution >= 0.6 is 0 Å². The molecule has 0 heterocycles. The summed E-state index contributed by atoms with van der Waals surface area (Å²) in [5, 5.41) is 9.99. The van der Waals surface area contributed by atoms with Crippen LogP contribution in [0.1, 0.15) is 32.1 Å². The molecule has 0 amide bonds. The summed E-state index contributed by atoms with van der Waals surface area (Å²) in [5.74, 6) is 0.704. The number of aliphatic hydroxyl groups is 1. The molecule has 1 aliphatic rings. The average Bonchev–Trinajstić information content (AvgIpc) is 2.39. The number of aliphatic hydroxyl groups excluding tert-OH is 1. The van der Waals surface area contributed by atoms with Gasteiger partial charge in [0.25, 0.3) is 0 Å². The Morgan fingerprint density at radius 3 is 2.47 bits per heavy atom. The largest absolute Gasteiger partial charge is 0.491 e. The van der Waals surface area contributed by atoms with E-state index in [-0.39, 0.29) is 5.82 Å². The van der Waals surface area contributed by atoms with E-state index in [4.69, 9.17) is 4.74 Å². The Kier molecular flexibility index (Phi) is 4.37. The van der Waals surface area contributed by atoms with Gasteiger partial charge in [-0.05, 0) is 43.0 Å². The highest BCUT2D eigenvalue weighted by Gasteiger charge is 2.21. The summed E-state index contributed by atoms with van der Waals surface area (Å²) in [4.78, 5) is 0. The summed E-state index contributed by atoms with van der Waals surface area (Å²) in [6.07, 6.45) is 5.47. The molecule has 0 spiro atoms. The molecule has 1 atom stereocenters. The van der Waals surface area contributed by atoms with Gasteiger partial charge in [-0.15, -0.1) is 0 Å². The van der Waals surface area contributed by atoms with Gasteiger partial charge in [0.15, 0.2) is 0 Å². The van der Waals surface area contributed by atoms with Crippen molar-refractivity contribution in [3.8, 4) is 5.75 Å². The minimum atomic E-state index is -0.402. The lowest BCUT2D eigenvalue weighted by Crippen LogP contribution is -2.28. The van der Waals surface area contributed by atoms with Gasteiger partial charge >= 0.3 is 0 Å². The molecular formula is C14H19FO2. The van der Waals surface area contributed by atoms with Gasteiger partial charge in [-0.1, -0.05) is 19.3 Å². The molecule has 1 aliphatic carbocycles. The lowest BCUT2D eigenvalue weighted by Gasteiger charge is -2.26. The van der Waals surface area contributed by atoms with Crippen LogP contribution in [0.15, 0.2) is 24.3 Å². The van der Waals surface area contributed by atoms with Crippen LogP contribution in [-0.4, -0.2) is 17.8 Å². The maximum absolute atomic E-state index is 12.7. The molecule has 1 N–H and O–H groups in total. The van der Waals surface area contributed by atoms with Crippen molar-refractivity contribution in [3.63, 3.8) is 0 Å². The zero-order valence-electron chi connectivity index (χ0n) is 9.94. The number of hydrogen-bond acceptors (Lipinski definition) is 2. The van der Waals surface area contributed by atoms with Crippen molar-refractivity contribution in [1.82, 2.24) is 0 Å². The van der Waals surface area contributed by atoms with Crippen molar-refractivity contribution in [2.24, 2.45) is 5.92 Å². The topological polar surface area (TPSA) is 29.5 Å². The highest BCUT2D eigenvalue weighted by atomic mass is 19.1. The maximum Gasteiger partial charge on any atom is 0.123 e. The Morgan fingerprint density at radius 2 is 1.82 bits per heavy atom. The predicted octanol–water partition coefficient (Wildman–Crippen LogP) is 3.15. The molecule has 0 bridgehead atoms. The fraction of sp³-hybridized carbons (Fsp3) is 0.571. The second-order valence-corrected chi connectivity index (χ2v) is 4.73. The Morgan fingerprint density at radius 1 is 1.18 bits per heavy atom. The second kappa shape index (κ2) is 6.01. The summed E-state index contributed by atoms with van der Waals surface area (Å²) in [7, 11) is 0. The standard InChI is InChI=1S/C14H19FO2/c15-12-6-8-13(9-7-12)17-10-14(16)11-4-2-1-3-5-11/h6-9,11,14,16H,1-5,10H2. The first-order chi connectivity index (χ1) is 8.25. The molecule has 1 unspecified atom stereocenters. The molecule has 0 aliphatic heterocycles. The van der Waals surface area contributed by atoms with Crippen molar-refractivity contribution in [3.05, 3.63) is 30.1 Å². The number of rotatable bonds is 4. The zero-order chi connectivity index (χ0) is 12.1. The minimum Gasteiger partial charge on any atom is -0.491 e. The number of ether oxygens (including phenoxy) is 1. The SMILES string of the molecule is OC(COc1ccc(F)cc1)C1CCCCC1. The van der Waals surface area contributed by atoms with Gasteiger partial charge in [0.05, 0.1) is 6.10 Å². The summed E-state index contributed by atoms with van der Waals surface area (Å²) < 4.78 is 18.1. The Hall–Kier alpha value is -1.09. The molecule has 1 saturated carbocycles. The molecular weight excluding hydrogens is 219 g/mol. The molecule has 1 fully saturated rings. The number of hydrogen-bond donors (Lipinski definition) is 1. The molecule has 1 aromatic carbocycles.